The van der Waals surface area contributed by atoms with Gasteiger partial charge in [-0.05, 0) is 30.2 Å². The molecule has 1 rings (SSSR count). The number of aryl methyl sites for hydroxylation is 1. The van der Waals surface area contributed by atoms with Crippen LogP contribution in [0.15, 0.2) is 18.2 Å². The van der Waals surface area contributed by atoms with E-state index in [1.807, 2.05) is 0 Å². The zero-order chi connectivity index (χ0) is 15.3. The first-order valence-electron chi connectivity index (χ1n) is 5.91. The van der Waals surface area contributed by atoms with Gasteiger partial charge < -0.3 is 16.6 Å². The number of carbonyl (C=O) groups is 3. The lowest BCUT2D eigenvalue weighted by atomic mass is 10.0. The van der Waals surface area contributed by atoms with Gasteiger partial charge in [-0.25, -0.2) is 0 Å². The van der Waals surface area contributed by atoms with Crippen molar-refractivity contribution in [3.63, 3.8) is 0 Å². The molecule has 0 aromatic heterocycles. The summed E-state index contributed by atoms with van der Waals surface area (Å²) in [6, 6.07) is 4.88. The van der Waals surface area contributed by atoms with Crippen molar-refractivity contribution < 1.29 is 19.5 Å². The van der Waals surface area contributed by atoms with Gasteiger partial charge in [0.05, 0.1) is 13.1 Å². The number of nitrogens with two attached hydrogens (primary N) is 2. The highest BCUT2D eigenvalue weighted by molar-refractivity contribution is 5.93. The molecule has 0 bridgehead atoms. The maximum absolute atomic E-state index is 11.1. The van der Waals surface area contributed by atoms with E-state index in [-0.39, 0.29) is 19.6 Å². The van der Waals surface area contributed by atoms with Gasteiger partial charge in [-0.3, -0.25) is 19.3 Å². The summed E-state index contributed by atoms with van der Waals surface area (Å²) in [5, 5.41) is 8.81. The van der Waals surface area contributed by atoms with Crippen molar-refractivity contribution in [1.82, 2.24) is 4.90 Å². The maximum atomic E-state index is 11.1. The second-order valence-corrected chi connectivity index (χ2v) is 4.51. The number of aliphatic carboxylic acids is 1. The third kappa shape index (κ3) is 4.69. The van der Waals surface area contributed by atoms with Gasteiger partial charge in [0.15, 0.2) is 0 Å². The lowest BCUT2D eigenvalue weighted by Crippen LogP contribution is -2.37. The molecular weight excluding hydrogens is 262 g/mol. The minimum absolute atomic E-state index is 0.149. The van der Waals surface area contributed by atoms with Crippen molar-refractivity contribution in [2.45, 2.75) is 13.5 Å². The molecule has 0 heterocycles. The number of carbonyl (C=O) groups excluding carboxylic acids is 2. The summed E-state index contributed by atoms with van der Waals surface area (Å²) in [5.41, 5.74) is 12.2. The van der Waals surface area contributed by atoms with E-state index in [0.29, 0.717) is 5.56 Å². The van der Waals surface area contributed by atoms with E-state index in [1.165, 1.54) is 4.90 Å². The molecule has 0 aliphatic heterocycles. The van der Waals surface area contributed by atoms with E-state index >= 15 is 0 Å². The van der Waals surface area contributed by atoms with Crippen molar-refractivity contribution in [1.29, 1.82) is 0 Å². The van der Waals surface area contributed by atoms with Gasteiger partial charge in [-0.1, -0.05) is 6.07 Å². The van der Waals surface area contributed by atoms with Crippen LogP contribution in [0.25, 0.3) is 0 Å². The molecule has 20 heavy (non-hydrogen) atoms. The summed E-state index contributed by atoms with van der Waals surface area (Å²) in [6.45, 7) is 1.59. The molecule has 7 heteroatoms. The molecule has 1 aromatic carbocycles. The molecule has 0 aliphatic rings. The Morgan fingerprint density at radius 3 is 2.30 bits per heavy atom. The van der Waals surface area contributed by atoms with Crippen molar-refractivity contribution in [2.75, 3.05) is 13.1 Å². The first-order chi connectivity index (χ1) is 9.29. The number of rotatable bonds is 7. The van der Waals surface area contributed by atoms with Crippen LogP contribution in [-0.4, -0.2) is 40.9 Å². The Morgan fingerprint density at radius 1 is 1.20 bits per heavy atom. The summed E-state index contributed by atoms with van der Waals surface area (Å²) in [5.74, 6) is -2.17. The van der Waals surface area contributed by atoms with Crippen LogP contribution in [0, 0.1) is 6.92 Å². The van der Waals surface area contributed by atoms with Crippen LogP contribution in [0.1, 0.15) is 21.5 Å². The summed E-state index contributed by atoms with van der Waals surface area (Å²) in [7, 11) is 0. The molecule has 0 unspecified atom stereocenters. The Bertz CT molecular complexity index is 526. The Balaban J connectivity index is 2.90. The monoisotopic (exact) mass is 279 g/mol. The highest BCUT2D eigenvalue weighted by Gasteiger charge is 2.14. The smallest absolute Gasteiger partial charge is 0.317 e. The number of primary amides is 2. The molecule has 0 saturated heterocycles. The summed E-state index contributed by atoms with van der Waals surface area (Å²) in [6.07, 6.45) is 0. The molecule has 0 spiro atoms. The predicted octanol–water partition coefficient (Wildman–Crippen LogP) is -0.534. The van der Waals surface area contributed by atoms with Gasteiger partial charge in [0.1, 0.15) is 0 Å². The average molecular weight is 279 g/mol. The molecular formula is C13H17N3O4. The third-order valence-electron chi connectivity index (χ3n) is 2.76. The van der Waals surface area contributed by atoms with Gasteiger partial charge in [0.2, 0.25) is 11.8 Å². The Hall–Kier alpha value is -2.41. The van der Waals surface area contributed by atoms with Gasteiger partial charge >= 0.3 is 5.97 Å². The summed E-state index contributed by atoms with van der Waals surface area (Å²) < 4.78 is 0. The SMILES string of the molecule is Cc1cc(C(N)=O)ccc1CN(CC(N)=O)CC(=O)O. The first-order valence-corrected chi connectivity index (χ1v) is 5.91. The number of carboxylic acids is 1. The predicted molar refractivity (Wildman–Crippen MR) is 71.8 cm³/mol. The second kappa shape index (κ2) is 6.67. The zero-order valence-electron chi connectivity index (χ0n) is 11.1. The fourth-order valence-electron chi connectivity index (χ4n) is 1.85. The van der Waals surface area contributed by atoms with E-state index in [2.05, 4.69) is 0 Å². The van der Waals surface area contributed by atoms with Gasteiger partial charge in [0.25, 0.3) is 0 Å². The second-order valence-electron chi connectivity index (χ2n) is 4.51. The van der Waals surface area contributed by atoms with Crippen LogP contribution in [0.5, 0.6) is 0 Å². The molecule has 5 N–H and O–H groups in total. The van der Waals surface area contributed by atoms with E-state index in [0.717, 1.165) is 11.1 Å². The van der Waals surface area contributed by atoms with Crippen LogP contribution in [-0.2, 0) is 16.1 Å². The molecule has 7 nitrogen and oxygen atoms in total. The number of carboxylic acid groups (broad SMARTS) is 1. The van der Waals surface area contributed by atoms with Crippen LogP contribution >= 0.6 is 0 Å². The number of nitrogens with zero attached hydrogens (tertiary/aromatic N) is 1. The fourth-order valence-corrected chi connectivity index (χ4v) is 1.85. The first kappa shape index (κ1) is 15.6. The summed E-state index contributed by atoms with van der Waals surface area (Å²) in [4.78, 5) is 34.2. The maximum Gasteiger partial charge on any atom is 0.317 e. The topological polar surface area (TPSA) is 127 Å². The molecule has 0 atom stereocenters. The Labute approximate surface area is 116 Å². The van der Waals surface area contributed by atoms with Crippen molar-refractivity contribution in [3.8, 4) is 0 Å². The molecule has 2 amide bonds. The molecule has 0 radical (unpaired) electrons. The number of amides is 2. The minimum Gasteiger partial charge on any atom is -0.480 e. The largest absolute Gasteiger partial charge is 0.480 e. The standard InChI is InChI=1S/C13H17N3O4/c1-8-4-9(13(15)20)2-3-10(8)5-16(6-11(14)17)7-12(18)19/h2-4H,5-7H2,1H3,(H2,14,17)(H2,15,20)(H,18,19). The Kier molecular flexibility index (Phi) is 5.22. The van der Waals surface area contributed by atoms with Gasteiger partial charge in [-0.15, -0.1) is 0 Å². The van der Waals surface area contributed by atoms with Crippen LogP contribution in [0.3, 0.4) is 0 Å². The Morgan fingerprint density at radius 2 is 1.85 bits per heavy atom. The highest BCUT2D eigenvalue weighted by atomic mass is 16.4. The van der Waals surface area contributed by atoms with E-state index < -0.39 is 17.8 Å². The quantitative estimate of drug-likeness (QED) is 0.618. The third-order valence-corrected chi connectivity index (χ3v) is 2.76. The number of hydrogen-bond acceptors (Lipinski definition) is 4. The van der Waals surface area contributed by atoms with Crippen molar-refractivity contribution in [3.05, 3.63) is 34.9 Å². The zero-order valence-corrected chi connectivity index (χ0v) is 11.1. The van der Waals surface area contributed by atoms with Gasteiger partial charge in [-0.2, -0.15) is 0 Å². The molecule has 1 aromatic rings. The average Bonchev–Trinajstić information content (AvgIpc) is 2.29. The summed E-state index contributed by atoms with van der Waals surface area (Å²) >= 11 is 0. The molecule has 0 saturated carbocycles. The van der Waals surface area contributed by atoms with E-state index in [1.54, 1.807) is 25.1 Å². The highest BCUT2D eigenvalue weighted by Crippen LogP contribution is 2.13. The van der Waals surface area contributed by atoms with Crippen LogP contribution in [0.4, 0.5) is 0 Å². The minimum atomic E-state index is -1.04. The van der Waals surface area contributed by atoms with E-state index in [4.69, 9.17) is 16.6 Å². The fraction of sp³-hybridized carbons (Fsp3) is 0.308. The normalized spacial score (nSPS) is 10.5. The molecule has 0 fully saturated rings. The lowest BCUT2D eigenvalue weighted by Gasteiger charge is -2.19. The van der Waals surface area contributed by atoms with E-state index in [9.17, 15) is 14.4 Å². The van der Waals surface area contributed by atoms with Crippen molar-refractivity contribution >= 4 is 17.8 Å². The number of hydrogen-bond donors (Lipinski definition) is 3. The van der Waals surface area contributed by atoms with Crippen LogP contribution in [0.2, 0.25) is 0 Å². The molecule has 108 valence electrons. The van der Waals surface area contributed by atoms with Crippen LogP contribution < -0.4 is 11.5 Å². The number of benzene rings is 1. The molecule has 0 aliphatic carbocycles. The lowest BCUT2D eigenvalue weighted by molar-refractivity contribution is -0.138. The van der Waals surface area contributed by atoms with Crippen molar-refractivity contribution in [2.24, 2.45) is 11.5 Å². The van der Waals surface area contributed by atoms with Gasteiger partial charge in [0, 0.05) is 12.1 Å².